The Balaban J connectivity index is 1.88. The summed E-state index contributed by atoms with van der Waals surface area (Å²) < 4.78 is 12.7. The molecule has 166 valence electrons. The Labute approximate surface area is 207 Å². The first kappa shape index (κ1) is 23.1. The highest BCUT2D eigenvalue weighted by molar-refractivity contribution is 9.09. The van der Waals surface area contributed by atoms with Crippen molar-refractivity contribution in [1.29, 1.82) is 0 Å². The maximum atomic E-state index is 6.37. The molecule has 0 spiro atoms. The van der Waals surface area contributed by atoms with Crippen molar-refractivity contribution in [2.24, 2.45) is 0 Å². The average molecular weight is 556 g/mol. The molecule has 4 heteroatoms. The lowest BCUT2D eigenvalue weighted by Gasteiger charge is -2.20. The first-order valence-corrected chi connectivity index (χ1v) is 13.5. The van der Waals surface area contributed by atoms with Gasteiger partial charge >= 0.3 is 0 Å². The number of ether oxygens (including phenoxy) is 2. The molecule has 0 radical (unpaired) electrons. The molecule has 4 aromatic rings. The van der Waals surface area contributed by atoms with E-state index in [-0.39, 0.29) is 0 Å². The molecule has 0 amide bonds. The van der Waals surface area contributed by atoms with Crippen molar-refractivity contribution in [3.8, 4) is 22.6 Å². The lowest BCUT2D eigenvalue weighted by atomic mass is 9.92. The third-order valence-corrected chi connectivity index (χ3v) is 6.72. The Morgan fingerprint density at radius 2 is 0.938 bits per heavy atom. The van der Waals surface area contributed by atoms with E-state index in [2.05, 4.69) is 105 Å². The van der Waals surface area contributed by atoms with Gasteiger partial charge in [-0.05, 0) is 59.4 Å². The minimum atomic E-state index is 0.698. The van der Waals surface area contributed by atoms with Crippen molar-refractivity contribution in [1.82, 2.24) is 0 Å². The highest BCUT2D eigenvalue weighted by Crippen LogP contribution is 2.45. The molecule has 2 nitrogen and oxygen atoms in total. The Morgan fingerprint density at radius 1 is 0.500 bits per heavy atom. The summed E-state index contributed by atoms with van der Waals surface area (Å²) >= 11 is 7.03. The third kappa shape index (κ3) is 5.29. The normalized spacial score (nSPS) is 11.2. The molecule has 0 atom stereocenters. The third-order valence-electron chi connectivity index (χ3n) is 5.60. The maximum absolute atomic E-state index is 6.37. The van der Waals surface area contributed by atoms with Gasteiger partial charge in [-0.3, -0.25) is 0 Å². The molecule has 0 fully saturated rings. The second-order valence-corrected chi connectivity index (χ2v) is 9.39. The van der Waals surface area contributed by atoms with Crippen LogP contribution in [0.5, 0.6) is 11.5 Å². The molecular weight excluding hydrogens is 528 g/mol. The van der Waals surface area contributed by atoms with Crippen molar-refractivity contribution in [3.05, 3.63) is 72.8 Å². The minimum Gasteiger partial charge on any atom is -0.493 e. The molecule has 4 rings (SSSR count). The minimum absolute atomic E-state index is 0.698. The summed E-state index contributed by atoms with van der Waals surface area (Å²) in [5, 5.41) is 6.77. The topological polar surface area (TPSA) is 18.5 Å². The van der Waals surface area contributed by atoms with Gasteiger partial charge in [0.05, 0.1) is 13.2 Å². The highest BCUT2D eigenvalue weighted by Gasteiger charge is 2.19. The van der Waals surface area contributed by atoms with Crippen molar-refractivity contribution in [3.63, 3.8) is 0 Å². The van der Waals surface area contributed by atoms with Crippen LogP contribution in [0.1, 0.15) is 25.7 Å². The van der Waals surface area contributed by atoms with Crippen LogP contribution in [-0.4, -0.2) is 23.9 Å². The van der Waals surface area contributed by atoms with E-state index in [0.717, 1.165) is 59.0 Å². The first-order chi connectivity index (χ1) is 15.8. The fourth-order valence-corrected chi connectivity index (χ4v) is 4.81. The Hall–Kier alpha value is -2.04. The van der Waals surface area contributed by atoms with E-state index in [9.17, 15) is 0 Å². The van der Waals surface area contributed by atoms with E-state index in [0.29, 0.717) is 13.2 Å². The number of alkyl halides is 2. The van der Waals surface area contributed by atoms with Gasteiger partial charge in [0.1, 0.15) is 11.5 Å². The smallest absolute Gasteiger partial charge is 0.127 e. The molecule has 0 aliphatic carbocycles. The van der Waals surface area contributed by atoms with Gasteiger partial charge < -0.3 is 9.47 Å². The number of fused-ring (bicyclic) bond motifs is 2. The first-order valence-electron chi connectivity index (χ1n) is 11.2. The number of unbranched alkanes of at least 4 members (excludes halogenated alkanes) is 2. The number of hydrogen-bond acceptors (Lipinski definition) is 2. The van der Waals surface area contributed by atoms with E-state index in [4.69, 9.17) is 9.47 Å². The zero-order chi connectivity index (χ0) is 22.2. The van der Waals surface area contributed by atoms with E-state index in [1.165, 1.54) is 21.5 Å². The van der Waals surface area contributed by atoms with Crippen LogP contribution < -0.4 is 9.47 Å². The molecule has 0 unspecified atom stereocenters. The predicted molar refractivity (Wildman–Crippen MR) is 144 cm³/mol. The summed E-state index contributed by atoms with van der Waals surface area (Å²) in [6.07, 6.45) is 4.23. The molecule has 0 bridgehead atoms. The molecule has 0 aromatic heterocycles. The maximum Gasteiger partial charge on any atom is 0.127 e. The molecule has 0 heterocycles. The molecular formula is C28H28Br2O2. The van der Waals surface area contributed by atoms with Crippen LogP contribution in [0.15, 0.2) is 72.8 Å². The van der Waals surface area contributed by atoms with Crippen LogP contribution >= 0.6 is 31.9 Å². The van der Waals surface area contributed by atoms with Gasteiger partial charge in [0, 0.05) is 21.8 Å². The fourth-order valence-electron chi connectivity index (χ4n) is 4.02. The molecule has 0 aliphatic rings. The van der Waals surface area contributed by atoms with E-state index in [1.807, 2.05) is 0 Å². The lowest BCUT2D eigenvalue weighted by Crippen LogP contribution is -2.02. The van der Waals surface area contributed by atoms with Gasteiger partial charge in [-0.2, -0.15) is 0 Å². The zero-order valence-corrected chi connectivity index (χ0v) is 21.3. The van der Waals surface area contributed by atoms with Gasteiger partial charge in [0.15, 0.2) is 0 Å². The van der Waals surface area contributed by atoms with Crippen molar-refractivity contribution in [2.45, 2.75) is 25.7 Å². The molecule has 0 saturated heterocycles. The van der Waals surface area contributed by atoms with Crippen LogP contribution in [-0.2, 0) is 0 Å². The van der Waals surface area contributed by atoms with Crippen LogP contribution in [0.2, 0.25) is 0 Å². The summed E-state index contributed by atoms with van der Waals surface area (Å²) in [7, 11) is 0. The van der Waals surface area contributed by atoms with Gasteiger partial charge in [-0.1, -0.05) is 92.5 Å². The van der Waals surface area contributed by atoms with E-state index >= 15 is 0 Å². The van der Waals surface area contributed by atoms with Gasteiger partial charge in [-0.25, -0.2) is 0 Å². The summed E-state index contributed by atoms with van der Waals surface area (Å²) in [5.74, 6) is 1.83. The summed E-state index contributed by atoms with van der Waals surface area (Å²) in [6, 6.07) is 25.6. The molecule has 32 heavy (non-hydrogen) atoms. The highest BCUT2D eigenvalue weighted by atomic mass is 79.9. The standard InChI is InChI=1S/C28H28Br2O2/c29-17-5-7-19-31-25-15-13-21-9-1-3-11-23(21)27(25)28-24-12-4-2-10-22(24)14-16-26(28)32-20-8-6-18-30/h1-4,9-16H,5-8,17-20H2. The average Bonchev–Trinajstić information content (AvgIpc) is 2.84. The monoisotopic (exact) mass is 554 g/mol. The zero-order valence-electron chi connectivity index (χ0n) is 18.2. The Morgan fingerprint density at radius 3 is 1.38 bits per heavy atom. The molecule has 0 aliphatic heterocycles. The number of halogens is 2. The predicted octanol–water partition coefficient (Wildman–Crippen LogP) is 8.77. The van der Waals surface area contributed by atoms with Gasteiger partial charge in [-0.15, -0.1) is 0 Å². The summed E-state index contributed by atoms with van der Waals surface area (Å²) in [4.78, 5) is 0. The van der Waals surface area contributed by atoms with E-state index < -0.39 is 0 Å². The molecule has 4 aromatic carbocycles. The SMILES string of the molecule is BrCCCCOc1ccc2ccccc2c1-c1c(OCCCCBr)ccc2ccccc12. The number of rotatable bonds is 11. The molecule has 0 N–H and O–H groups in total. The summed E-state index contributed by atoms with van der Waals surface area (Å²) in [6.45, 7) is 1.40. The van der Waals surface area contributed by atoms with E-state index in [1.54, 1.807) is 0 Å². The second kappa shape index (κ2) is 11.7. The van der Waals surface area contributed by atoms with Crippen molar-refractivity contribution >= 4 is 53.4 Å². The van der Waals surface area contributed by atoms with Crippen LogP contribution in [0.3, 0.4) is 0 Å². The Kier molecular flexibility index (Phi) is 8.47. The second-order valence-electron chi connectivity index (χ2n) is 7.81. The van der Waals surface area contributed by atoms with Crippen molar-refractivity contribution < 1.29 is 9.47 Å². The van der Waals surface area contributed by atoms with Crippen LogP contribution in [0, 0.1) is 0 Å². The molecule has 0 saturated carbocycles. The van der Waals surface area contributed by atoms with Crippen LogP contribution in [0.4, 0.5) is 0 Å². The van der Waals surface area contributed by atoms with Gasteiger partial charge in [0.25, 0.3) is 0 Å². The Bertz CT molecular complexity index is 1080. The summed E-state index contributed by atoms with van der Waals surface area (Å²) in [5.41, 5.74) is 2.24. The quantitative estimate of drug-likeness (QED) is 0.136. The number of benzene rings is 4. The van der Waals surface area contributed by atoms with Crippen LogP contribution in [0.25, 0.3) is 32.7 Å². The largest absolute Gasteiger partial charge is 0.493 e. The van der Waals surface area contributed by atoms with Gasteiger partial charge in [0.2, 0.25) is 0 Å². The lowest BCUT2D eigenvalue weighted by molar-refractivity contribution is 0.307. The van der Waals surface area contributed by atoms with Crippen molar-refractivity contribution in [2.75, 3.05) is 23.9 Å². The fraction of sp³-hybridized carbons (Fsp3) is 0.286. The number of hydrogen-bond donors (Lipinski definition) is 0.